The van der Waals surface area contributed by atoms with Gasteiger partial charge in [0.2, 0.25) is 0 Å². The Hall–Kier alpha value is -1.52. The van der Waals surface area contributed by atoms with E-state index in [9.17, 15) is 25.9 Å². The second-order valence-corrected chi connectivity index (χ2v) is 15.7. The minimum Gasteiger partial charge on any atom is -0.744 e. The van der Waals surface area contributed by atoms with Gasteiger partial charge < -0.3 is 9.11 Å². The first-order chi connectivity index (χ1) is 23.0. The molecule has 0 aliphatic carbocycles. The van der Waals surface area contributed by atoms with E-state index in [4.69, 9.17) is 0 Å². The molecule has 9 heteroatoms. The molecule has 0 saturated heterocycles. The van der Waals surface area contributed by atoms with Crippen molar-refractivity contribution in [1.29, 1.82) is 0 Å². The van der Waals surface area contributed by atoms with Gasteiger partial charge in [0.05, 0.1) is 9.79 Å². The first-order valence-corrected chi connectivity index (χ1v) is 20.8. The molecule has 6 nitrogen and oxygen atoms in total. The molecule has 0 spiro atoms. The third kappa shape index (κ3) is 15.7. The maximum atomic E-state index is 11.4. The van der Waals surface area contributed by atoms with Crippen LogP contribution in [0, 0.1) is 0 Å². The number of benzene rings is 4. The fraction of sp³-hybridized carbons (Fsp3) is 0.500. The van der Waals surface area contributed by atoms with Crippen molar-refractivity contribution in [2.45, 2.75) is 139 Å². The van der Waals surface area contributed by atoms with E-state index in [0.717, 1.165) is 71.2 Å². The van der Waals surface area contributed by atoms with Gasteiger partial charge in [-0.25, -0.2) is 16.8 Å². The van der Waals surface area contributed by atoms with Crippen LogP contribution in [-0.4, -0.2) is 63.7 Å². The summed E-state index contributed by atoms with van der Waals surface area (Å²) < 4.78 is 68.2. The van der Waals surface area contributed by atoms with Gasteiger partial charge in [0.1, 0.15) is 20.2 Å². The first kappa shape index (κ1) is 43.6. The van der Waals surface area contributed by atoms with Crippen molar-refractivity contribution >= 4 is 79.5 Å². The minimum absolute atomic E-state index is 0. The third-order valence-electron chi connectivity index (χ3n) is 9.02. The average molecular weight is 735 g/mol. The largest absolute Gasteiger partial charge is 2.00 e. The number of rotatable bonds is 20. The zero-order chi connectivity index (χ0) is 34.8. The summed E-state index contributed by atoms with van der Waals surface area (Å²) in [5.74, 6) is 0. The zero-order valence-corrected chi connectivity index (χ0v) is 33.5. The SMILES string of the molecule is CCCCCCCCCCc1cc(S(=O)(=O)[O-])cc2ccccc12.CCCCCCCCCCc1cc(S(=O)(=O)[O-])cc2ccccc12.[Ca+2]. The minimum atomic E-state index is -4.41. The summed E-state index contributed by atoms with van der Waals surface area (Å²) in [5, 5.41) is 3.74. The van der Waals surface area contributed by atoms with Crippen molar-refractivity contribution in [3.05, 3.63) is 83.9 Å². The molecule has 0 heterocycles. The number of hydrogen-bond donors (Lipinski definition) is 0. The summed E-state index contributed by atoms with van der Waals surface area (Å²) in [7, 11) is -8.83. The molecule has 0 bridgehead atoms. The molecule has 0 radical (unpaired) electrons. The van der Waals surface area contributed by atoms with Crippen LogP contribution in [0.1, 0.15) is 128 Å². The standard InChI is InChI=1S/2C20H28O3S.Ca/c2*1-2-3-4-5-6-7-8-9-12-17-15-19(24(21,22)23)16-18-13-10-11-14-20(17)18;/h2*10-11,13-16H,2-9,12H2,1H3,(H,21,22,23);/q;;+2/p-2. The molecular weight excluding hydrogens is 681 g/mol. The summed E-state index contributed by atoms with van der Waals surface area (Å²) in [6, 6.07) is 21.4. The number of fused-ring (bicyclic) bond motifs is 2. The third-order valence-corrected chi connectivity index (χ3v) is 10.6. The molecule has 4 rings (SSSR count). The summed E-state index contributed by atoms with van der Waals surface area (Å²) in [5.41, 5.74) is 1.93. The quantitative estimate of drug-likeness (QED) is 0.0507. The molecule has 4 aromatic rings. The van der Waals surface area contributed by atoms with Gasteiger partial charge in [-0.1, -0.05) is 152 Å². The summed E-state index contributed by atoms with van der Waals surface area (Å²) in [6.45, 7) is 4.45. The van der Waals surface area contributed by atoms with Crippen LogP contribution in [0.25, 0.3) is 21.5 Å². The maximum Gasteiger partial charge on any atom is 2.00 e. The van der Waals surface area contributed by atoms with E-state index in [2.05, 4.69) is 13.8 Å². The van der Waals surface area contributed by atoms with Gasteiger partial charge in [0.15, 0.2) is 0 Å². The molecule has 4 aromatic carbocycles. The monoisotopic (exact) mass is 734 g/mol. The van der Waals surface area contributed by atoms with E-state index in [-0.39, 0.29) is 47.5 Å². The second kappa shape index (κ2) is 23.1. The van der Waals surface area contributed by atoms with Gasteiger partial charge in [-0.2, -0.15) is 0 Å². The normalized spacial score (nSPS) is 11.7. The van der Waals surface area contributed by atoms with Crippen molar-refractivity contribution in [2.75, 3.05) is 0 Å². The van der Waals surface area contributed by atoms with E-state index < -0.39 is 20.2 Å². The van der Waals surface area contributed by atoms with Gasteiger partial charge >= 0.3 is 37.7 Å². The van der Waals surface area contributed by atoms with Crippen molar-refractivity contribution in [3.63, 3.8) is 0 Å². The molecule has 49 heavy (non-hydrogen) atoms. The average Bonchev–Trinajstić information content (AvgIpc) is 3.06. The van der Waals surface area contributed by atoms with E-state index in [1.54, 1.807) is 12.1 Å². The fourth-order valence-corrected chi connectivity index (χ4v) is 7.44. The molecule has 0 amide bonds. The molecule has 0 N–H and O–H groups in total. The van der Waals surface area contributed by atoms with Crippen LogP contribution in [0.2, 0.25) is 0 Å². The molecule has 0 aliphatic heterocycles. The second-order valence-electron chi connectivity index (χ2n) is 13.0. The Balaban J connectivity index is 0.000000333. The molecule has 0 saturated carbocycles. The summed E-state index contributed by atoms with van der Waals surface area (Å²) >= 11 is 0. The summed E-state index contributed by atoms with van der Waals surface area (Å²) in [4.78, 5) is -0.230. The fourth-order valence-electron chi connectivity index (χ4n) is 6.32. The molecule has 0 unspecified atom stereocenters. The number of aryl methyl sites for hydroxylation is 2. The molecular formula is C40H54CaO6S2. The van der Waals surface area contributed by atoms with Gasteiger partial charge in [0, 0.05) is 0 Å². The van der Waals surface area contributed by atoms with Crippen LogP contribution in [-0.2, 0) is 33.1 Å². The van der Waals surface area contributed by atoms with Gasteiger partial charge in [-0.15, -0.1) is 0 Å². The zero-order valence-electron chi connectivity index (χ0n) is 29.6. The van der Waals surface area contributed by atoms with Crippen LogP contribution in [0.4, 0.5) is 0 Å². The topological polar surface area (TPSA) is 114 Å². The van der Waals surface area contributed by atoms with Crippen molar-refractivity contribution in [2.24, 2.45) is 0 Å². The smallest absolute Gasteiger partial charge is 0.744 e. The molecule has 0 fully saturated rings. The number of hydrogen-bond acceptors (Lipinski definition) is 6. The predicted molar refractivity (Wildman–Crippen MR) is 202 cm³/mol. The van der Waals surface area contributed by atoms with Gasteiger partial charge in [-0.05, 0) is 82.6 Å². The van der Waals surface area contributed by atoms with Crippen molar-refractivity contribution < 1.29 is 25.9 Å². The molecule has 0 aromatic heterocycles. The van der Waals surface area contributed by atoms with Gasteiger partial charge in [0.25, 0.3) is 0 Å². The van der Waals surface area contributed by atoms with Crippen LogP contribution in [0.3, 0.4) is 0 Å². The molecule has 0 aliphatic rings. The Bertz CT molecular complexity index is 1640. The predicted octanol–water partition coefficient (Wildman–Crippen LogP) is 10.5. The first-order valence-electron chi connectivity index (χ1n) is 18.0. The Morgan fingerprint density at radius 3 is 1.08 bits per heavy atom. The Kier molecular flexibility index (Phi) is 20.6. The summed E-state index contributed by atoms with van der Waals surface area (Å²) in [6.07, 6.45) is 21.4. The molecule has 0 atom stereocenters. The maximum absolute atomic E-state index is 11.4. The Morgan fingerprint density at radius 2 is 0.755 bits per heavy atom. The Labute approximate surface area is 326 Å². The van der Waals surface area contributed by atoms with E-state index in [0.29, 0.717) is 0 Å². The van der Waals surface area contributed by atoms with Crippen molar-refractivity contribution in [3.8, 4) is 0 Å². The molecule has 264 valence electrons. The van der Waals surface area contributed by atoms with Crippen LogP contribution >= 0.6 is 0 Å². The van der Waals surface area contributed by atoms with Crippen LogP contribution < -0.4 is 0 Å². The van der Waals surface area contributed by atoms with Crippen molar-refractivity contribution in [1.82, 2.24) is 0 Å². The van der Waals surface area contributed by atoms with Crippen LogP contribution in [0.5, 0.6) is 0 Å². The van der Waals surface area contributed by atoms with Crippen LogP contribution in [0.15, 0.2) is 82.6 Å². The van der Waals surface area contributed by atoms with E-state index in [1.165, 1.54) is 89.2 Å². The van der Waals surface area contributed by atoms with E-state index >= 15 is 0 Å². The Morgan fingerprint density at radius 1 is 0.449 bits per heavy atom. The van der Waals surface area contributed by atoms with E-state index in [1.807, 2.05) is 48.5 Å². The van der Waals surface area contributed by atoms with Gasteiger partial charge in [-0.3, -0.25) is 0 Å². The number of unbranched alkanes of at least 4 members (excludes halogenated alkanes) is 14.